The minimum absolute atomic E-state index is 0.00118. The van der Waals surface area contributed by atoms with E-state index in [0.29, 0.717) is 5.56 Å². The lowest BCUT2D eigenvalue weighted by Gasteiger charge is -2.34. The summed E-state index contributed by atoms with van der Waals surface area (Å²) in [4.78, 5) is 11.8. The number of aliphatic hydroxyl groups excluding tert-OH is 1. The van der Waals surface area contributed by atoms with Crippen LogP contribution < -0.4 is 11.5 Å². The van der Waals surface area contributed by atoms with Crippen LogP contribution in [-0.2, 0) is 11.2 Å². The Labute approximate surface area is 145 Å². The number of primary amides is 1. The van der Waals surface area contributed by atoms with Crippen molar-refractivity contribution in [2.75, 3.05) is 0 Å². The Bertz CT molecular complexity index is 587. The number of rotatable bonds is 7. The van der Waals surface area contributed by atoms with Crippen LogP contribution in [0.2, 0.25) is 0 Å². The van der Waals surface area contributed by atoms with E-state index in [-0.39, 0.29) is 44.4 Å². The minimum atomic E-state index is -2.70. The maximum atomic E-state index is 13.7. The van der Waals surface area contributed by atoms with Crippen molar-refractivity contribution < 1.29 is 23.1 Å². The summed E-state index contributed by atoms with van der Waals surface area (Å²) in [6.07, 6.45) is -1.13. The van der Waals surface area contributed by atoms with E-state index in [0.717, 1.165) is 0 Å². The molecule has 4 nitrogen and oxygen atoms in total. The Morgan fingerprint density at radius 1 is 1.28 bits per heavy atom. The fraction of sp³-hybridized carbons (Fsp3) is 0.611. The van der Waals surface area contributed by atoms with Gasteiger partial charge in [-0.05, 0) is 43.2 Å². The Morgan fingerprint density at radius 3 is 2.44 bits per heavy atom. The fourth-order valence-corrected chi connectivity index (χ4v) is 3.49. The SMILES string of the molecule is NC(=O)C(CC(O)C(N)Cc1ccccc1F)C1CCC(F)(F)CC1. The molecule has 5 N–H and O–H groups in total. The molecule has 0 radical (unpaired) electrons. The van der Waals surface area contributed by atoms with Gasteiger partial charge in [0.15, 0.2) is 0 Å². The molecule has 2 rings (SSSR count). The summed E-state index contributed by atoms with van der Waals surface area (Å²) in [6, 6.07) is 5.35. The molecule has 3 unspecified atom stereocenters. The summed E-state index contributed by atoms with van der Waals surface area (Å²) in [7, 11) is 0. The van der Waals surface area contributed by atoms with Crippen molar-refractivity contribution >= 4 is 5.91 Å². The monoisotopic (exact) mass is 358 g/mol. The number of amides is 1. The molecule has 25 heavy (non-hydrogen) atoms. The van der Waals surface area contributed by atoms with E-state index in [1.165, 1.54) is 6.07 Å². The van der Waals surface area contributed by atoms with Crippen LogP contribution in [0.15, 0.2) is 24.3 Å². The van der Waals surface area contributed by atoms with Gasteiger partial charge in [0.05, 0.1) is 6.10 Å². The molecular formula is C18H25F3N2O2. The van der Waals surface area contributed by atoms with Gasteiger partial charge >= 0.3 is 0 Å². The van der Waals surface area contributed by atoms with Crippen LogP contribution in [0.4, 0.5) is 13.2 Å². The fourth-order valence-electron chi connectivity index (χ4n) is 3.49. The molecule has 0 bridgehead atoms. The van der Waals surface area contributed by atoms with E-state index in [1.54, 1.807) is 18.2 Å². The highest BCUT2D eigenvalue weighted by Crippen LogP contribution is 2.40. The third-order valence-electron chi connectivity index (χ3n) is 5.10. The van der Waals surface area contributed by atoms with Gasteiger partial charge in [-0.1, -0.05) is 18.2 Å². The summed E-state index contributed by atoms with van der Waals surface area (Å²) >= 11 is 0. The molecule has 0 spiro atoms. The highest BCUT2D eigenvalue weighted by molar-refractivity contribution is 5.77. The van der Waals surface area contributed by atoms with E-state index in [1.807, 2.05) is 0 Å². The van der Waals surface area contributed by atoms with E-state index in [9.17, 15) is 23.1 Å². The van der Waals surface area contributed by atoms with Gasteiger partial charge < -0.3 is 16.6 Å². The zero-order valence-corrected chi connectivity index (χ0v) is 14.0. The van der Waals surface area contributed by atoms with Gasteiger partial charge in [-0.3, -0.25) is 4.79 Å². The first kappa shape index (κ1) is 19.7. The molecule has 0 heterocycles. The van der Waals surface area contributed by atoms with E-state index in [2.05, 4.69) is 0 Å². The van der Waals surface area contributed by atoms with Crippen LogP contribution >= 0.6 is 0 Å². The summed E-state index contributed by atoms with van der Waals surface area (Å²) in [6.45, 7) is 0. The van der Waals surface area contributed by atoms with Crippen LogP contribution in [0, 0.1) is 17.7 Å². The van der Waals surface area contributed by atoms with Crippen molar-refractivity contribution in [2.24, 2.45) is 23.3 Å². The molecule has 3 atom stereocenters. The van der Waals surface area contributed by atoms with Crippen molar-refractivity contribution in [3.05, 3.63) is 35.6 Å². The second kappa shape index (κ2) is 8.19. The molecule has 0 aliphatic heterocycles. The van der Waals surface area contributed by atoms with Crippen LogP contribution in [0.5, 0.6) is 0 Å². The van der Waals surface area contributed by atoms with Gasteiger partial charge in [0, 0.05) is 24.8 Å². The first-order chi connectivity index (χ1) is 11.7. The first-order valence-electron chi connectivity index (χ1n) is 8.54. The van der Waals surface area contributed by atoms with Gasteiger partial charge in [0.25, 0.3) is 0 Å². The summed E-state index contributed by atoms with van der Waals surface area (Å²) in [5.74, 6) is -4.72. The quantitative estimate of drug-likeness (QED) is 0.699. The number of aliphatic hydroxyl groups is 1. The highest BCUT2D eigenvalue weighted by Gasteiger charge is 2.40. The number of hydrogen-bond donors (Lipinski definition) is 3. The normalized spacial score (nSPS) is 21.5. The first-order valence-corrected chi connectivity index (χ1v) is 8.54. The summed E-state index contributed by atoms with van der Waals surface area (Å²) in [5, 5.41) is 10.3. The molecule has 7 heteroatoms. The van der Waals surface area contributed by atoms with Crippen LogP contribution in [-0.4, -0.2) is 29.1 Å². The maximum Gasteiger partial charge on any atom is 0.248 e. The lowest BCUT2D eigenvalue weighted by Crippen LogP contribution is -2.43. The van der Waals surface area contributed by atoms with Crippen molar-refractivity contribution in [2.45, 2.75) is 56.6 Å². The number of carbonyl (C=O) groups is 1. The molecule has 0 aromatic heterocycles. The Balaban J connectivity index is 1.96. The Kier molecular flexibility index (Phi) is 6.46. The predicted octanol–water partition coefficient (Wildman–Crippen LogP) is 2.37. The molecule has 1 aromatic carbocycles. The van der Waals surface area contributed by atoms with Crippen LogP contribution in [0.25, 0.3) is 0 Å². The molecular weight excluding hydrogens is 333 g/mol. The molecule has 1 fully saturated rings. The molecule has 1 amide bonds. The second-order valence-corrected chi connectivity index (χ2v) is 6.96. The smallest absolute Gasteiger partial charge is 0.248 e. The predicted molar refractivity (Wildman–Crippen MR) is 88.3 cm³/mol. The lowest BCUT2D eigenvalue weighted by molar-refractivity contribution is -0.127. The third-order valence-corrected chi connectivity index (χ3v) is 5.10. The molecule has 1 aliphatic carbocycles. The van der Waals surface area contributed by atoms with E-state index < -0.39 is 35.7 Å². The number of hydrogen-bond acceptors (Lipinski definition) is 3. The second-order valence-electron chi connectivity index (χ2n) is 6.96. The van der Waals surface area contributed by atoms with Crippen molar-refractivity contribution in [1.29, 1.82) is 0 Å². The van der Waals surface area contributed by atoms with Crippen LogP contribution in [0.3, 0.4) is 0 Å². The highest BCUT2D eigenvalue weighted by atomic mass is 19.3. The van der Waals surface area contributed by atoms with Gasteiger partial charge in [-0.2, -0.15) is 0 Å². The molecule has 1 aromatic rings. The standard InChI is InChI=1S/C18H25F3N2O2/c19-14-4-2-1-3-12(14)9-15(22)16(24)10-13(17(23)25)11-5-7-18(20,21)8-6-11/h1-4,11,13,15-16,24H,5-10,22H2,(H2,23,25). The molecule has 1 aliphatic rings. The number of carbonyl (C=O) groups excluding carboxylic acids is 1. The van der Waals surface area contributed by atoms with Crippen LogP contribution in [0.1, 0.15) is 37.7 Å². The van der Waals surface area contributed by atoms with Crippen molar-refractivity contribution in [3.63, 3.8) is 0 Å². The number of halogens is 3. The number of benzene rings is 1. The average molecular weight is 358 g/mol. The van der Waals surface area contributed by atoms with Gasteiger partial charge in [0.1, 0.15) is 5.82 Å². The topological polar surface area (TPSA) is 89.3 Å². The average Bonchev–Trinajstić information content (AvgIpc) is 2.54. The maximum absolute atomic E-state index is 13.7. The number of alkyl halides is 2. The summed E-state index contributed by atoms with van der Waals surface area (Å²) < 4.78 is 40.3. The lowest BCUT2D eigenvalue weighted by atomic mass is 9.75. The summed E-state index contributed by atoms with van der Waals surface area (Å²) in [5.41, 5.74) is 11.7. The zero-order chi connectivity index (χ0) is 18.6. The third kappa shape index (κ3) is 5.44. The van der Waals surface area contributed by atoms with Crippen molar-refractivity contribution in [3.8, 4) is 0 Å². The minimum Gasteiger partial charge on any atom is -0.391 e. The zero-order valence-electron chi connectivity index (χ0n) is 14.0. The number of nitrogens with two attached hydrogens (primary N) is 2. The molecule has 1 saturated carbocycles. The van der Waals surface area contributed by atoms with Gasteiger partial charge in [-0.15, -0.1) is 0 Å². The Morgan fingerprint density at radius 2 is 1.88 bits per heavy atom. The molecule has 140 valence electrons. The van der Waals surface area contributed by atoms with Gasteiger partial charge in [0.2, 0.25) is 11.8 Å². The van der Waals surface area contributed by atoms with Crippen molar-refractivity contribution in [1.82, 2.24) is 0 Å². The Hall–Kier alpha value is -1.60. The van der Waals surface area contributed by atoms with E-state index >= 15 is 0 Å². The largest absolute Gasteiger partial charge is 0.391 e. The van der Waals surface area contributed by atoms with E-state index in [4.69, 9.17) is 11.5 Å². The molecule has 0 saturated heterocycles. The van der Waals surface area contributed by atoms with Gasteiger partial charge in [-0.25, -0.2) is 13.2 Å².